The monoisotopic (exact) mass is 361 g/mol. The zero-order chi connectivity index (χ0) is 17.8. The van der Waals surface area contributed by atoms with E-state index in [1.54, 1.807) is 14.2 Å². The minimum absolute atomic E-state index is 0.0762. The Morgan fingerprint density at radius 3 is 2.80 bits per heavy atom. The second-order valence-electron chi connectivity index (χ2n) is 5.17. The maximum atomic E-state index is 9.19. The molecule has 25 heavy (non-hydrogen) atoms. The van der Waals surface area contributed by atoms with Gasteiger partial charge in [-0.3, -0.25) is 0 Å². The molecular formula is C16H19N5O3S. The molecule has 2 heterocycles. The van der Waals surface area contributed by atoms with E-state index in [0.717, 1.165) is 10.6 Å². The maximum absolute atomic E-state index is 9.19. The molecular weight excluding hydrogens is 342 g/mol. The Morgan fingerprint density at radius 2 is 2.08 bits per heavy atom. The van der Waals surface area contributed by atoms with Crippen molar-refractivity contribution in [1.82, 2.24) is 19.5 Å². The summed E-state index contributed by atoms with van der Waals surface area (Å²) in [4.78, 5) is 13.7. The average molecular weight is 361 g/mol. The quantitative estimate of drug-likeness (QED) is 0.657. The molecule has 0 fully saturated rings. The van der Waals surface area contributed by atoms with Gasteiger partial charge in [0.25, 0.3) is 0 Å². The molecule has 0 atom stereocenters. The van der Waals surface area contributed by atoms with Gasteiger partial charge in [-0.1, -0.05) is 0 Å². The van der Waals surface area contributed by atoms with Crippen molar-refractivity contribution in [2.45, 2.75) is 23.0 Å². The molecule has 2 aromatic heterocycles. The second kappa shape index (κ2) is 7.58. The highest BCUT2D eigenvalue weighted by Crippen LogP contribution is 2.38. The molecule has 0 aliphatic heterocycles. The van der Waals surface area contributed by atoms with Crippen LogP contribution in [0, 0.1) is 0 Å². The lowest BCUT2D eigenvalue weighted by Gasteiger charge is -2.11. The SMILES string of the molecule is COc1ccc(OC)c(Sc2nc3c(N)ncnc3n2CCCO)c1. The van der Waals surface area contributed by atoms with Gasteiger partial charge in [0.15, 0.2) is 22.1 Å². The van der Waals surface area contributed by atoms with E-state index in [4.69, 9.17) is 15.2 Å². The van der Waals surface area contributed by atoms with E-state index in [-0.39, 0.29) is 6.61 Å². The minimum Gasteiger partial charge on any atom is -0.497 e. The molecule has 0 spiro atoms. The highest BCUT2D eigenvalue weighted by Gasteiger charge is 2.17. The molecule has 0 aliphatic rings. The summed E-state index contributed by atoms with van der Waals surface area (Å²) in [6.07, 6.45) is 1.99. The Hall–Kier alpha value is -2.52. The number of hydrogen-bond acceptors (Lipinski definition) is 8. The summed E-state index contributed by atoms with van der Waals surface area (Å²) in [5.41, 5.74) is 7.12. The number of rotatable bonds is 7. The number of benzene rings is 1. The van der Waals surface area contributed by atoms with Gasteiger partial charge < -0.3 is 24.9 Å². The lowest BCUT2D eigenvalue weighted by Crippen LogP contribution is -2.03. The molecule has 0 radical (unpaired) electrons. The van der Waals surface area contributed by atoms with E-state index >= 15 is 0 Å². The third kappa shape index (κ3) is 3.47. The van der Waals surface area contributed by atoms with Crippen LogP contribution in [0.5, 0.6) is 11.5 Å². The summed E-state index contributed by atoms with van der Waals surface area (Å²) < 4.78 is 12.6. The number of aliphatic hydroxyl groups is 1. The van der Waals surface area contributed by atoms with Gasteiger partial charge in [-0.05, 0) is 36.4 Å². The van der Waals surface area contributed by atoms with Gasteiger partial charge in [0, 0.05) is 13.2 Å². The molecule has 0 bridgehead atoms. The van der Waals surface area contributed by atoms with Crippen LogP contribution in [-0.4, -0.2) is 45.5 Å². The fraction of sp³-hybridized carbons (Fsp3) is 0.312. The number of aliphatic hydroxyl groups excluding tert-OH is 1. The van der Waals surface area contributed by atoms with Gasteiger partial charge in [-0.25, -0.2) is 15.0 Å². The van der Waals surface area contributed by atoms with Crippen LogP contribution in [0.4, 0.5) is 5.82 Å². The fourth-order valence-corrected chi connectivity index (χ4v) is 3.45. The Morgan fingerprint density at radius 1 is 1.24 bits per heavy atom. The number of anilines is 1. The molecule has 3 N–H and O–H groups in total. The average Bonchev–Trinajstić information content (AvgIpc) is 2.98. The summed E-state index contributed by atoms with van der Waals surface area (Å²) in [6.45, 7) is 0.644. The van der Waals surface area contributed by atoms with Crippen molar-refractivity contribution >= 4 is 28.7 Å². The van der Waals surface area contributed by atoms with Crippen molar-refractivity contribution in [3.05, 3.63) is 24.5 Å². The lowest BCUT2D eigenvalue weighted by atomic mass is 10.3. The molecule has 0 saturated heterocycles. The second-order valence-corrected chi connectivity index (χ2v) is 6.18. The molecule has 132 valence electrons. The number of ether oxygens (including phenoxy) is 2. The molecule has 1 aromatic carbocycles. The van der Waals surface area contributed by atoms with Crippen LogP contribution in [-0.2, 0) is 6.54 Å². The van der Waals surface area contributed by atoms with Crippen LogP contribution < -0.4 is 15.2 Å². The molecule has 9 heteroatoms. The highest BCUT2D eigenvalue weighted by atomic mass is 32.2. The summed E-state index contributed by atoms with van der Waals surface area (Å²) >= 11 is 1.42. The van der Waals surface area contributed by atoms with E-state index in [0.29, 0.717) is 40.9 Å². The standard InChI is InChI=1S/C16H19N5O3S/c1-23-10-4-5-11(24-2)12(8-10)25-16-20-13-14(17)18-9-19-15(13)21(16)6-3-7-22/h4-5,8-9,22H,3,6-7H2,1-2H3,(H2,17,18,19). The predicted octanol–water partition coefficient (Wildman–Crippen LogP) is 1.96. The van der Waals surface area contributed by atoms with Crippen molar-refractivity contribution in [2.75, 3.05) is 26.6 Å². The summed E-state index contributed by atoms with van der Waals surface area (Å²) in [5.74, 6) is 1.76. The van der Waals surface area contributed by atoms with Gasteiger partial charge in [0.1, 0.15) is 17.8 Å². The minimum atomic E-state index is 0.0762. The Bertz CT molecular complexity index is 884. The van der Waals surface area contributed by atoms with Gasteiger partial charge >= 0.3 is 0 Å². The Kier molecular flexibility index (Phi) is 5.25. The van der Waals surface area contributed by atoms with Crippen LogP contribution in [0.2, 0.25) is 0 Å². The van der Waals surface area contributed by atoms with Gasteiger partial charge in [0.2, 0.25) is 0 Å². The molecule has 0 aliphatic carbocycles. The van der Waals surface area contributed by atoms with Gasteiger partial charge in [-0.15, -0.1) is 0 Å². The number of methoxy groups -OCH3 is 2. The van der Waals surface area contributed by atoms with E-state index in [1.165, 1.54) is 18.1 Å². The van der Waals surface area contributed by atoms with Crippen LogP contribution in [0.25, 0.3) is 11.2 Å². The van der Waals surface area contributed by atoms with Crippen molar-refractivity contribution in [1.29, 1.82) is 0 Å². The first-order chi connectivity index (χ1) is 12.2. The smallest absolute Gasteiger partial charge is 0.175 e. The van der Waals surface area contributed by atoms with Gasteiger partial charge in [-0.2, -0.15) is 0 Å². The summed E-state index contributed by atoms with van der Waals surface area (Å²) in [6, 6.07) is 5.56. The van der Waals surface area contributed by atoms with Crippen LogP contribution >= 0.6 is 11.8 Å². The number of imidazole rings is 1. The summed E-state index contributed by atoms with van der Waals surface area (Å²) in [7, 11) is 3.23. The molecule has 0 unspecified atom stereocenters. The van der Waals surface area contributed by atoms with E-state index in [2.05, 4.69) is 15.0 Å². The molecule has 3 aromatic rings. The lowest BCUT2D eigenvalue weighted by molar-refractivity contribution is 0.278. The third-order valence-corrected chi connectivity index (χ3v) is 4.67. The first-order valence-corrected chi connectivity index (χ1v) is 8.47. The first-order valence-electron chi connectivity index (χ1n) is 7.65. The van der Waals surface area contributed by atoms with Crippen molar-refractivity contribution in [3.8, 4) is 11.5 Å². The normalized spacial score (nSPS) is 11.0. The van der Waals surface area contributed by atoms with E-state index in [9.17, 15) is 5.11 Å². The number of nitrogens with two attached hydrogens (primary N) is 1. The maximum Gasteiger partial charge on any atom is 0.175 e. The molecule has 0 amide bonds. The Balaban J connectivity index is 2.07. The predicted molar refractivity (Wildman–Crippen MR) is 95.1 cm³/mol. The van der Waals surface area contributed by atoms with E-state index in [1.807, 2.05) is 22.8 Å². The number of aromatic nitrogens is 4. The Labute approximate surface area is 149 Å². The molecule has 3 rings (SSSR count). The number of hydrogen-bond donors (Lipinski definition) is 2. The zero-order valence-corrected chi connectivity index (χ0v) is 14.8. The van der Waals surface area contributed by atoms with Crippen LogP contribution in [0.1, 0.15) is 6.42 Å². The summed E-state index contributed by atoms with van der Waals surface area (Å²) in [5, 5.41) is 9.88. The number of fused-ring (bicyclic) bond motifs is 1. The fourth-order valence-electron chi connectivity index (χ4n) is 2.40. The van der Waals surface area contributed by atoms with Crippen molar-refractivity contribution in [2.24, 2.45) is 0 Å². The topological polar surface area (TPSA) is 108 Å². The number of nitrogen functional groups attached to an aromatic ring is 1. The number of aryl methyl sites for hydroxylation is 1. The zero-order valence-electron chi connectivity index (χ0n) is 14.0. The van der Waals surface area contributed by atoms with Crippen LogP contribution in [0.15, 0.2) is 34.6 Å². The largest absolute Gasteiger partial charge is 0.497 e. The number of nitrogens with zero attached hydrogens (tertiary/aromatic N) is 4. The third-order valence-electron chi connectivity index (χ3n) is 3.64. The van der Waals surface area contributed by atoms with Gasteiger partial charge in [0.05, 0.1) is 19.1 Å². The molecule has 8 nitrogen and oxygen atoms in total. The van der Waals surface area contributed by atoms with Crippen molar-refractivity contribution in [3.63, 3.8) is 0 Å². The van der Waals surface area contributed by atoms with E-state index < -0.39 is 0 Å². The molecule has 0 saturated carbocycles. The van der Waals surface area contributed by atoms with Crippen LogP contribution in [0.3, 0.4) is 0 Å². The van der Waals surface area contributed by atoms with Crippen molar-refractivity contribution < 1.29 is 14.6 Å². The first kappa shape index (κ1) is 17.3. The highest BCUT2D eigenvalue weighted by molar-refractivity contribution is 7.99.